The summed E-state index contributed by atoms with van der Waals surface area (Å²) in [5, 5.41) is 0. The van der Waals surface area contributed by atoms with Crippen molar-refractivity contribution in [3.8, 4) is 17.2 Å². The second kappa shape index (κ2) is 19.5. The molecule has 16 heteroatoms. The maximum Gasteiger partial charge on any atom is 0.428 e. The monoisotopic (exact) mass is 901 g/mol. The first-order valence-corrected chi connectivity index (χ1v) is 30.8. The molecule has 58 heavy (non-hydrogen) atoms. The first-order valence-electron chi connectivity index (χ1n) is 20.2. The summed E-state index contributed by atoms with van der Waals surface area (Å²) >= 11 is 0. The summed E-state index contributed by atoms with van der Waals surface area (Å²) < 4.78 is 129. The van der Waals surface area contributed by atoms with Crippen LogP contribution in [0.15, 0.2) is 92.4 Å². The molecule has 4 aromatic rings. The minimum Gasteiger partial charge on any atom is -0.543 e. The summed E-state index contributed by atoms with van der Waals surface area (Å²) in [6, 6.07) is 27.6. The summed E-state index contributed by atoms with van der Waals surface area (Å²) in [5.41, 5.74) is 0. The fourth-order valence-corrected chi connectivity index (χ4v) is 20.7. The molecule has 320 valence electrons. The van der Waals surface area contributed by atoms with Gasteiger partial charge >= 0.3 is 10.1 Å². The second-order valence-corrected chi connectivity index (χ2v) is 33.1. The van der Waals surface area contributed by atoms with Crippen molar-refractivity contribution in [2.45, 2.75) is 136 Å². The average Bonchev–Trinajstić information content (AvgIpc) is 3.24. The van der Waals surface area contributed by atoms with E-state index in [-0.39, 0.29) is 14.7 Å². The van der Waals surface area contributed by atoms with Crippen LogP contribution in [0.5, 0.6) is 17.2 Å². The Balaban J connectivity index is 2.20. The number of benzene rings is 4. The minimum absolute atomic E-state index is 0.285. The predicted octanol–water partition coefficient (Wildman–Crippen LogP) is 14.2. The molecule has 0 heterocycles. The standard InChI is InChI=1S/C42H57F5O6S2Si3/c1-10-56(11-2,12-3)50-31-22-19-25-34(28-31)54(35-26-20-23-32(29-35)51-57(13-4,14-5)15-6,36-27-21-24-33(30-36)52-58(16-7,17-8)18-9)53-55(48,49)42-40(46)38(44)37(43)39(45)41(42)47/h19-30H,10-18H2,1-9H3/p+1. The molecule has 0 radical (unpaired) electrons. The largest absolute Gasteiger partial charge is 0.543 e. The molecule has 0 aliphatic rings. The maximum absolute atomic E-state index is 15.6. The van der Waals surface area contributed by atoms with Crippen molar-refractivity contribution in [3.05, 3.63) is 102 Å². The Morgan fingerprint density at radius 1 is 0.448 bits per heavy atom. The van der Waals surface area contributed by atoms with Crippen LogP contribution in [0.3, 0.4) is 0 Å². The summed E-state index contributed by atoms with van der Waals surface area (Å²) in [7, 11) is -16.3. The SMILES string of the molecule is CC[Si](CC)(CC)Oc1cccc(S([OH+]S(=O)(=O)c2c(F)c(F)c(F)c(F)c2F)(c2cccc(O[Si](CC)(CC)CC)c2)c2cccc(O[Si](CC)(CC)CC)c2)c1. The lowest BCUT2D eigenvalue weighted by Gasteiger charge is -2.37. The molecule has 0 bridgehead atoms. The molecule has 0 aliphatic carbocycles. The Morgan fingerprint density at radius 2 is 0.707 bits per heavy atom. The van der Waals surface area contributed by atoms with E-state index in [1.54, 1.807) is 72.8 Å². The van der Waals surface area contributed by atoms with E-state index in [2.05, 4.69) is 65.9 Å². The van der Waals surface area contributed by atoms with Gasteiger partial charge in [-0.2, -0.15) is 0 Å². The predicted molar refractivity (Wildman–Crippen MR) is 231 cm³/mol. The molecule has 0 unspecified atom stereocenters. The fourth-order valence-electron chi connectivity index (χ4n) is 7.35. The van der Waals surface area contributed by atoms with Gasteiger partial charge in [0.15, 0.2) is 23.3 Å². The van der Waals surface area contributed by atoms with Gasteiger partial charge < -0.3 is 13.3 Å². The van der Waals surface area contributed by atoms with Gasteiger partial charge in [-0.3, -0.25) is 3.63 Å². The molecule has 0 amide bonds. The molecule has 0 spiro atoms. The Hall–Kier alpha value is -3.16. The third-order valence-corrected chi connectivity index (χ3v) is 30.8. The van der Waals surface area contributed by atoms with Gasteiger partial charge in [0.1, 0.15) is 17.2 Å². The molecule has 6 nitrogen and oxygen atoms in total. The van der Waals surface area contributed by atoms with Gasteiger partial charge in [0.2, 0.25) is 35.7 Å². The van der Waals surface area contributed by atoms with Crippen molar-refractivity contribution in [2.24, 2.45) is 0 Å². The highest BCUT2D eigenvalue weighted by atomic mass is 32.3. The van der Waals surface area contributed by atoms with Crippen molar-refractivity contribution in [1.82, 2.24) is 0 Å². The van der Waals surface area contributed by atoms with Crippen LogP contribution in [-0.2, 0) is 10.1 Å². The van der Waals surface area contributed by atoms with Crippen LogP contribution in [0.2, 0.25) is 54.4 Å². The zero-order valence-corrected chi connectivity index (χ0v) is 39.6. The number of hydrogen-bond acceptors (Lipinski definition) is 5. The highest BCUT2D eigenvalue weighted by Gasteiger charge is 2.48. The second-order valence-electron chi connectivity index (χ2n) is 14.5. The van der Waals surface area contributed by atoms with E-state index in [1.807, 2.05) is 0 Å². The molecule has 0 fully saturated rings. The van der Waals surface area contributed by atoms with Crippen LogP contribution in [0.25, 0.3) is 0 Å². The molecular weight excluding hydrogens is 844 g/mol. The van der Waals surface area contributed by atoms with E-state index in [1.165, 1.54) is 0 Å². The van der Waals surface area contributed by atoms with Gasteiger partial charge in [0, 0.05) is 0 Å². The number of rotatable bonds is 21. The highest BCUT2D eigenvalue weighted by Crippen LogP contribution is 2.70. The third-order valence-electron chi connectivity index (χ3n) is 11.9. The first-order chi connectivity index (χ1) is 27.5. The molecule has 4 aromatic carbocycles. The smallest absolute Gasteiger partial charge is 0.428 e. The molecule has 0 atom stereocenters. The molecule has 4 rings (SSSR count). The van der Waals surface area contributed by atoms with Crippen molar-refractivity contribution < 1.29 is 47.3 Å². The van der Waals surface area contributed by atoms with Gasteiger partial charge in [0.25, 0.3) is 0 Å². The summed E-state index contributed by atoms with van der Waals surface area (Å²) in [5.74, 6) is -10.9. The normalized spacial score (nSPS) is 13.1. The van der Waals surface area contributed by atoms with Gasteiger partial charge in [0.05, 0.1) is 25.0 Å². The number of hydrogen-bond donors (Lipinski definition) is 0. The Bertz CT molecular complexity index is 1940. The fraction of sp³-hybridized carbons (Fsp3) is 0.429. The van der Waals surface area contributed by atoms with E-state index >= 15 is 8.78 Å². The lowest BCUT2D eigenvalue weighted by Crippen LogP contribution is -2.39. The van der Waals surface area contributed by atoms with Crippen LogP contribution in [0.4, 0.5) is 22.0 Å². The van der Waals surface area contributed by atoms with Gasteiger partial charge in [-0.25, -0.2) is 22.0 Å². The maximum atomic E-state index is 15.6. The van der Waals surface area contributed by atoms with Crippen molar-refractivity contribution in [2.75, 3.05) is 0 Å². The van der Waals surface area contributed by atoms with Crippen LogP contribution in [0, 0.1) is 29.1 Å². The molecule has 0 aliphatic heterocycles. The van der Waals surface area contributed by atoms with Crippen LogP contribution >= 0.6 is 10.3 Å². The summed E-state index contributed by atoms with van der Waals surface area (Å²) in [4.78, 5) is -1.18. The van der Waals surface area contributed by atoms with E-state index in [9.17, 15) is 21.6 Å². The topological polar surface area (TPSA) is 74.6 Å². The quantitative estimate of drug-likeness (QED) is 0.0208. The Labute approximate surface area is 346 Å². The van der Waals surface area contributed by atoms with E-state index in [0.29, 0.717) is 17.2 Å². The summed E-state index contributed by atoms with van der Waals surface area (Å²) in [6.07, 6.45) is 0. The minimum atomic E-state index is -5.70. The van der Waals surface area contributed by atoms with Crippen LogP contribution < -0.4 is 13.3 Å². The number of halogens is 5. The molecule has 0 aromatic heterocycles. The van der Waals surface area contributed by atoms with Crippen molar-refractivity contribution in [1.29, 1.82) is 0 Å². The summed E-state index contributed by atoms with van der Waals surface area (Å²) in [6.45, 7) is 18.6. The molecule has 0 saturated carbocycles. The molecule has 1 N–H and O–H groups in total. The van der Waals surface area contributed by atoms with Crippen molar-refractivity contribution in [3.63, 3.8) is 0 Å². The molecule has 0 saturated heterocycles. The average molecular weight is 902 g/mol. The van der Waals surface area contributed by atoms with Crippen LogP contribution in [-0.4, -0.2) is 37.0 Å². The zero-order chi connectivity index (χ0) is 43.1. The van der Waals surface area contributed by atoms with Gasteiger partial charge in [-0.15, -0.1) is 8.42 Å². The third kappa shape index (κ3) is 9.41. The van der Waals surface area contributed by atoms with Crippen molar-refractivity contribution >= 4 is 45.4 Å². The molecular formula is C42H58F5O6S2Si3+. The van der Waals surface area contributed by atoms with Gasteiger partial charge in [-0.05, 0) is 109 Å². The van der Waals surface area contributed by atoms with E-state index in [4.69, 9.17) is 13.3 Å². The lowest BCUT2D eigenvalue weighted by molar-refractivity contribution is 0.338. The zero-order valence-electron chi connectivity index (χ0n) is 35.0. The van der Waals surface area contributed by atoms with E-state index in [0.717, 1.165) is 54.4 Å². The lowest BCUT2D eigenvalue weighted by atomic mass is 10.3. The Kier molecular flexibility index (Phi) is 16.0. The van der Waals surface area contributed by atoms with E-state index < -0.39 is 79.4 Å². The Morgan fingerprint density at radius 3 is 0.966 bits per heavy atom. The highest BCUT2D eigenvalue weighted by molar-refractivity contribution is 8.32. The van der Waals surface area contributed by atoms with Gasteiger partial charge in [-0.1, -0.05) is 80.5 Å². The first kappa shape index (κ1) is 47.5. The van der Waals surface area contributed by atoms with Crippen LogP contribution in [0.1, 0.15) is 62.3 Å².